The van der Waals surface area contributed by atoms with Crippen LogP contribution in [0.3, 0.4) is 0 Å². The summed E-state index contributed by atoms with van der Waals surface area (Å²) in [5, 5.41) is 7.74. The van der Waals surface area contributed by atoms with Gasteiger partial charge in [-0.2, -0.15) is 14.1 Å². The van der Waals surface area contributed by atoms with Gasteiger partial charge in [0, 0.05) is 24.7 Å². The quantitative estimate of drug-likeness (QED) is 0.421. The number of hydrogen-bond donors (Lipinski definition) is 1. The lowest BCUT2D eigenvalue weighted by atomic mass is 10.0. The lowest BCUT2D eigenvalue weighted by molar-refractivity contribution is 0.102. The van der Waals surface area contributed by atoms with Gasteiger partial charge in [0.1, 0.15) is 11.6 Å². The number of thiazole rings is 1. The molecule has 0 radical (unpaired) electrons. The van der Waals surface area contributed by atoms with Crippen molar-refractivity contribution in [1.82, 2.24) is 19.1 Å². The Hall–Kier alpha value is -3.15. The second-order valence-electron chi connectivity index (χ2n) is 8.78. The standard InChI is InChI=1S/C24H24FN5O3S2/c1-15-4-3-11-29(14-15)35(32,33)19-8-5-17(6-9-19)23(31)27-22-12-16(2)28-30(22)24-26-20-10-7-18(25)13-21(20)34-24/h5-10,12-13,15H,3-4,11,14H2,1-2H3,(H,27,31). The molecular formula is C24H24FN5O3S2. The maximum absolute atomic E-state index is 13.6. The Morgan fingerprint density at radius 2 is 1.94 bits per heavy atom. The van der Waals surface area contributed by atoms with Crippen molar-refractivity contribution in [2.24, 2.45) is 5.92 Å². The summed E-state index contributed by atoms with van der Waals surface area (Å²) in [4.78, 5) is 17.6. The third-order valence-corrected chi connectivity index (χ3v) is 8.84. The van der Waals surface area contributed by atoms with Crippen molar-refractivity contribution < 1.29 is 17.6 Å². The van der Waals surface area contributed by atoms with Gasteiger partial charge in [-0.15, -0.1) is 0 Å². The first-order chi connectivity index (χ1) is 16.7. The number of piperidine rings is 1. The molecular weight excluding hydrogens is 489 g/mol. The van der Waals surface area contributed by atoms with Crippen molar-refractivity contribution >= 4 is 43.3 Å². The van der Waals surface area contributed by atoms with Crippen LogP contribution in [0.25, 0.3) is 15.3 Å². The number of sulfonamides is 1. The molecule has 1 saturated heterocycles. The van der Waals surface area contributed by atoms with Crippen LogP contribution < -0.4 is 5.32 Å². The molecule has 3 heterocycles. The minimum absolute atomic E-state index is 0.172. The van der Waals surface area contributed by atoms with E-state index in [1.165, 1.54) is 56.7 Å². The maximum Gasteiger partial charge on any atom is 0.256 e. The molecule has 2 aromatic carbocycles. The number of carbonyl (C=O) groups is 1. The Morgan fingerprint density at radius 3 is 2.69 bits per heavy atom. The number of halogens is 1. The van der Waals surface area contributed by atoms with Crippen LogP contribution in [-0.2, 0) is 10.0 Å². The fourth-order valence-corrected chi connectivity index (χ4v) is 6.75. The monoisotopic (exact) mass is 513 g/mol. The van der Waals surface area contributed by atoms with Crippen molar-refractivity contribution in [3.05, 3.63) is 65.6 Å². The zero-order valence-corrected chi connectivity index (χ0v) is 20.9. The molecule has 1 fully saturated rings. The van der Waals surface area contributed by atoms with Crippen LogP contribution in [-0.4, -0.2) is 46.5 Å². The van der Waals surface area contributed by atoms with Crippen LogP contribution in [0.5, 0.6) is 0 Å². The van der Waals surface area contributed by atoms with Crippen molar-refractivity contribution in [3.8, 4) is 5.13 Å². The first-order valence-electron chi connectivity index (χ1n) is 11.3. The van der Waals surface area contributed by atoms with E-state index < -0.39 is 15.9 Å². The number of anilines is 1. The lowest BCUT2D eigenvalue weighted by Crippen LogP contribution is -2.39. The van der Waals surface area contributed by atoms with Crippen molar-refractivity contribution in [3.63, 3.8) is 0 Å². The first kappa shape index (κ1) is 23.6. The first-order valence-corrected chi connectivity index (χ1v) is 13.5. The molecule has 8 nitrogen and oxygen atoms in total. The number of nitrogens with one attached hydrogen (secondary N) is 1. The number of amides is 1. The highest BCUT2D eigenvalue weighted by Crippen LogP contribution is 2.28. The molecule has 2 aromatic heterocycles. The molecule has 11 heteroatoms. The summed E-state index contributed by atoms with van der Waals surface area (Å²) >= 11 is 1.26. The molecule has 1 unspecified atom stereocenters. The predicted octanol–water partition coefficient (Wildman–Crippen LogP) is 4.60. The third-order valence-electron chi connectivity index (χ3n) is 5.97. The molecule has 1 amide bonds. The molecule has 0 aliphatic carbocycles. The Labute approximate surface area is 206 Å². The summed E-state index contributed by atoms with van der Waals surface area (Å²) in [5.74, 6) is -0.0238. The Balaban J connectivity index is 1.37. The molecule has 1 aliphatic heterocycles. The summed E-state index contributed by atoms with van der Waals surface area (Å²) in [5.41, 5.74) is 1.62. The Bertz CT molecular complexity index is 1510. The van der Waals surface area contributed by atoms with Crippen LogP contribution in [0.4, 0.5) is 10.2 Å². The highest BCUT2D eigenvalue weighted by molar-refractivity contribution is 7.89. The number of benzene rings is 2. The summed E-state index contributed by atoms with van der Waals surface area (Å²) in [7, 11) is -3.60. The topological polar surface area (TPSA) is 97.2 Å². The summed E-state index contributed by atoms with van der Waals surface area (Å²) in [6.45, 7) is 4.86. The van der Waals surface area contributed by atoms with Gasteiger partial charge in [0.2, 0.25) is 15.2 Å². The zero-order valence-electron chi connectivity index (χ0n) is 19.2. The van der Waals surface area contributed by atoms with Gasteiger partial charge in [-0.1, -0.05) is 18.3 Å². The SMILES string of the molecule is Cc1cc(NC(=O)c2ccc(S(=O)(=O)N3CCCC(C)C3)cc2)n(-c2nc3ccc(F)cc3s2)n1. The number of aromatic nitrogens is 3. The van der Waals surface area contributed by atoms with Crippen molar-refractivity contribution in [2.75, 3.05) is 18.4 Å². The summed E-state index contributed by atoms with van der Waals surface area (Å²) in [6, 6.07) is 12.0. The van der Waals surface area contributed by atoms with Crippen LogP contribution in [0.1, 0.15) is 35.8 Å². The minimum atomic E-state index is -3.60. The smallest absolute Gasteiger partial charge is 0.256 e. The van der Waals surface area contributed by atoms with E-state index in [0.717, 1.165) is 12.8 Å². The Kier molecular flexibility index (Phi) is 6.16. The number of carbonyl (C=O) groups excluding carboxylic acids is 1. The summed E-state index contributed by atoms with van der Waals surface area (Å²) in [6.07, 6.45) is 1.87. The molecule has 35 heavy (non-hydrogen) atoms. The highest BCUT2D eigenvalue weighted by Gasteiger charge is 2.28. The summed E-state index contributed by atoms with van der Waals surface area (Å²) < 4.78 is 43.2. The molecule has 182 valence electrons. The highest BCUT2D eigenvalue weighted by atomic mass is 32.2. The minimum Gasteiger partial charge on any atom is -0.306 e. The van der Waals surface area contributed by atoms with Gasteiger partial charge in [0.15, 0.2) is 0 Å². The van der Waals surface area contributed by atoms with Crippen LogP contribution >= 0.6 is 11.3 Å². The van der Waals surface area contributed by atoms with E-state index in [-0.39, 0.29) is 10.7 Å². The second-order valence-corrected chi connectivity index (χ2v) is 11.7. The molecule has 1 N–H and O–H groups in total. The van der Waals surface area contributed by atoms with Gasteiger partial charge < -0.3 is 5.32 Å². The van der Waals surface area contributed by atoms with E-state index in [4.69, 9.17) is 0 Å². The van der Waals surface area contributed by atoms with Gasteiger partial charge in [0.05, 0.1) is 20.8 Å². The Morgan fingerprint density at radius 1 is 1.17 bits per heavy atom. The number of hydrogen-bond acceptors (Lipinski definition) is 6. The van der Waals surface area contributed by atoms with Crippen molar-refractivity contribution in [1.29, 1.82) is 0 Å². The molecule has 0 saturated carbocycles. The number of aryl methyl sites for hydroxylation is 1. The van der Waals surface area contributed by atoms with Gasteiger partial charge in [-0.3, -0.25) is 4.79 Å². The average Bonchev–Trinajstić information content (AvgIpc) is 3.41. The predicted molar refractivity (Wildman–Crippen MR) is 133 cm³/mol. The van der Waals surface area contributed by atoms with Crippen LogP contribution in [0.2, 0.25) is 0 Å². The van der Waals surface area contributed by atoms with Gasteiger partial charge in [-0.25, -0.2) is 17.8 Å². The number of fused-ring (bicyclic) bond motifs is 1. The lowest BCUT2D eigenvalue weighted by Gasteiger charge is -2.30. The second kappa shape index (κ2) is 9.14. The van der Waals surface area contributed by atoms with Gasteiger partial charge in [-0.05, 0) is 68.1 Å². The van der Waals surface area contributed by atoms with E-state index in [0.29, 0.717) is 51.4 Å². The number of rotatable bonds is 5. The molecule has 4 aromatic rings. The van der Waals surface area contributed by atoms with Gasteiger partial charge >= 0.3 is 0 Å². The molecule has 0 spiro atoms. The molecule has 1 aliphatic rings. The third kappa shape index (κ3) is 4.71. The van der Waals surface area contributed by atoms with E-state index >= 15 is 0 Å². The van der Waals surface area contributed by atoms with Crippen LogP contribution in [0.15, 0.2) is 53.4 Å². The zero-order chi connectivity index (χ0) is 24.7. The van der Waals surface area contributed by atoms with E-state index in [1.807, 2.05) is 6.92 Å². The van der Waals surface area contributed by atoms with E-state index in [9.17, 15) is 17.6 Å². The van der Waals surface area contributed by atoms with Crippen molar-refractivity contribution in [2.45, 2.75) is 31.6 Å². The number of nitrogens with zero attached hydrogens (tertiary/aromatic N) is 4. The fraction of sp³-hybridized carbons (Fsp3) is 0.292. The molecule has 5 rings (SSSR count). The van der Waals surface area contributed by atoms with Gasteiger partial charge in [0.25, 0.3) is 5.91 Å². The maximum atomic E-state index is 13.6. The molecule has 0 bridgehead atoms. The molecule has 1 atom stereocenters. The average molecular weight is 514 g/mol. The van der Waals surface area contributed by atoms with Crippen LogP contribution in [0, 0.1) is 18.7 Å². The normalized spacial score (nSPS) is 17.1. The van der Waals surface area contributed by atoms with E-state index in [2.05, 4.69) is 15.4 Å². The largest absolute Gasteiger partial charge is 0.306 e. The van der Waals surface area contributed by atoms with E-state index in [1.54, 1.807) is 19.1 Å². The fourth-order valence-electron chi connectivity index (χ4n) is 4.19.